The van der Waals surface area contributed by atoms with Crippen LogP contribution in [0.3, 0.4) is 0 Å². The van der Waals surface area contributed by atoms with Crippen molar-refractivity contribution in [2.75, 3.05) is 18.9 Å². The number of nitrogens with one attached hydrogen (secondary N) is 3. The molecule has 1 aliphatic rings. The summed E-state index contributed by atoms with van der Waals surface area (Å²) < 4.78 is 13.7. The Morgan fingerprint density at radius 2 is 1.94 bits per heavy atom. The maximum atomic E-state index is 13.7. The van der Waals surface area contributed by atoms with E-state index in [1.54, 1.807) is 11.9 Å². The Hall–Kier alpha value is -3.86. The lowest BCUT2D eigenvalue weighted by atomic mass is 9.99. The fourth-order valence-electron chi connectivity index (χ4n) is 3.79. The number of hydrogen-bond acceptors (Lipinski definition) is 4. The molecule has 10 nitrogen and oxygen atoms in total. The second-order valence-electron chi connectivity index (χ2n) is 8.04. The largest absolute Gasteiger partial charge is 0.370 e. The number of guanidine groups is 2. The topological polar surface area (TPSA) is 176 Å². The third-order valence-corrected chi connectivity index (χ3v) is 5.82. The number of halogens is 2. The molecule has 0 bridgehead atoms. The predicted molar refractivity (Wildman–Crippen MR) is 129 cm³/mol. The van der Waals surface area contributed by atoms with Crippen LogP contribution in [0, 0.1) is 17.1 Å². The summed E-state index contributed by atoms with van der Waals surface area (Å²) in [5.41, 5.74) is 19.3. The minimum atomic E-state index is -0.955. The van der Waals surface area contributed by atoms with Crippen LogP contribution in [0.2, 0.25) is 5.02 Å². The zero-order valence-electron chi connectivity index (χ0n) is 18.4. The number of hydrogen-bond donors (Lipinski definition) is 6. The maximum absolute atomic E-state index is 13.7. The molecule has 3 rings (SSSR count). The van der Waals surface area contributed by atoms with Crippen molar-refractivity contribution in [3.63, 3.8) is 0 Å². The van der Waals surface area contributed by atoms with Gasteiger partial charge < -0.3 is 32.7 Å². The molecule has 0 aliphatic heterocycles. The van der Waals surface area contributed by atoms with Crippen LogP contribution < -0.4 is 27.8 Å². The molecule has 180 valence electrons. The fourth-order valence-corrected chi connectivity index (χ4v) is 3.91. The third-order valence-electron chi connectivity index (χ3n) is 5.51. The molecule has 2 aromatic rings. The van der Waals surface area contributed by atoms with Crippen LogP contribution in [0.25, 0.3) is 0 Å². The predicted octanol–water partition coefficient (Wildman–Crippen LogP) is 1.05. The molecule has 2 amide bonds. The minimum absolute atomic E-state index is 0.0766. The van der Waals surface area contributed by atoms with E-state index in [1.165, 1.54) is 12.1 Å². The molecule has 34 heavy (non-hydrogen) atoms. The second kappa shape index (κ2) is 10.4. The van der Waals surface area contributed by atoms with Crippen molar-refractivity contribution in [1.29, 1.82) is 5.41 Å². The molecule has 0 heterocycles. The Bertz CT molecular complexity index is 1150. The lowest BCUT2D eigenvalue weighted by Gasteiger charge is -2.22. The zero-order chi connectivity index (χ0) is 25.0. The summed E-state index contributed by atoms with van der Waals surface area (Å²) in [6, 6.07) is 8.91. The summed E-state index contributed by atoms with van der Waals surface area (Å²) in [6.45, 7) is 0.638. The van der Waals surface area contributed by atoms with Crippen LogP contribution >= 0.6 is 11.6 Å². The van der Waals surface area contributed by atoms with Gasteiger partial charge in [-0.3, -0.25) is 20.0 Å². The Morgan fingerprint density at radius 3 is 2.59 bits per heavy atom. The van der Waals surface area contributed by atoms with E-state index in [1.807, 2.05) is 18.2 Å². The standard InChI is InChI=1S/C22H26ClFN8O2/c1-32(22(27)28)10-11-2-3-12-7-13(9-29-21(25)26)18(15(12)6-11)31-20(34)19(33)30-14-4-5-16(23)17(24)8-14/h2-6,8,13,18H,7,9-10H2,1H3,(H3,27,28)(H,30,33)(H,31,34)(H4,25,26,29)/t13-,18-/m1/s1. The second-order valence-corrected chi connectivity index (χ2v) is 8.45. The number of carbonyl (C=O) groups is 2. The van der Waals surface area contributed by atoms with Crippen molar-refractivity contribution in [3.8, 4) is 0 Å². The van der Waals surface area contributed by atoms with Crippen molar-refractivity contribution in [2.24, 2.45) is 28.1 Å². The van der Waals surface area contributed by atoms with Gasteiger partial charge in [0.15, 0.2) is 11.9 Å². The van der Waals surface area contributed by atoms with Gasteiger partial charge in [0.2, 0.25) is 0 Å². The van der Waals surface area contributed by atoms with Gasteiger partial charge in [-0.1, -0.05) is 29.8 Å². The number of anilines is 1. The average molecular weight is 489 g/mol. The molecule has 0 saturated heterocycles. The molecular formula is C22H26ClFN8O2. The van der Waals surface area contributed by atoms with E-state index >= 15 is 0 Å². The first kappa shape index (κ1) is 24.8. The van der Waals surface area contributed by atoms with Gasteiger partial charge in [0.1, 0.15) is 5.82 Å². The van der Waals surface area contributed by atoms with E-state index in [4.69, 9.17) is 34.2 Å². The Morgan fingerprint density at radius 1 is 1.21 bits per heavy atom. The van der Waals surface area contributed by atoms with Crippen molar-refractivity contribution >= 4 is 41.0 Å². The van der Waals surface area contributed by atoms with Crippen molar-refractivity contribution in [1.82, 2.24) is 10.2 Å². The number of nitrogens with zero attached hydrogens (tertiary/aromatic N) is 2. The van der Waals surface area contributed by atoms with Gasteiger partial charge in [-0.05, 0) is 41.3 Å². The number of benzene rings is 2. The molecule has 0 aromatic heterocycles. The van der Waals surface area contributed by atoms with Crippen molar-refractivity contribution < 1.29 is 14.0 Å². The van der Waals surface area contributed by atoms with Gasteiger partial charge in [0.25, 0.3) is 0 Å². The molecule has 1 aliphatic carbocycles. The van der Waals surface area contributed by atoms with Gasteiger partial charge >= 0.3 is 11.8 Å². The monoisotopic (exact) mass is 488 g/mol. The van der Waals surface area contributed by atoms with Crippen molar-refractivity contribution in [2.45, 2.75) is 19.0 Å². The molecule has 12 heteroatoms. The number of nitrogens with two attached hydrogens (primary N) is 3. The normalized spacial score (nSPS) is 16.3. The zero-order valence-corrected chi connectivity index (χ0v) is 19.2. The highest BCUT2D eigenvalue weighted by molar-refractivity contribution is 6.39. The van der Waals surface area contributed by atoms with Crippen LogP contribution in [-0.2, 0) is 22.6 Å². The smallest absolute Gasteiger partial charge is 0.313 e. The summed E-state index contributed by atoms with van der Waals surface area (Å²) in [5.74, 6) is -2.91. The van der Waals surface area contributed by atoms with Crippen LogP contribution in [0.4, 0.5) is 10.1 Å². The van der Waals surface area contributed by atoms with E-state index < -0.39 is 23.7 Å². The summed E-state index contributed by atoms with van der Waals surface area (Å²) in [4.78, 5) is 30.9. The SMILES string of the molecule is CN(Cc1ccc2c(c1)[C@H](NC(=O)C(=O)Nc1ccc(Cl)c(F)c1)[C@@H](CN=C(N)N)C2)C(=N)N. The lowest BCUT2D eigenvalue weighted by molar-refractivity contribution is -0.136. The van der Waals surface area contributed by atoms with E-state index in [-0.39, 0.29) is 35.1 Å². The van der Waals surface area contributed by atoms with E-state index in [0.717, 1.165) is 22.8 Å². The highest BCUT2D eigenvalue weighted by Gasteiger charge is 2.35. The van der Waals surface area contributed by atoms with Crippen LogP contribution in [0.1, 0.15) is 22.7 Å². The molecule has 0 unspecified atom stereocenters. The molecule has 0 saturated carbocycles. The van der Waals surface area contributed by atoms with Crippen LogP contribution in [-0.4, -0.2) is 42.2 Å². The summed E-state index contributed by atoms with van der Waals surface area (Å²) >= 11 is 5.65. The summed E-state index contributed by atoms with van der Waals surface area (Å²) in [5, 5.41) is 12.6. The summed E-state index contributed by atoms with van der Waals surface area (Å²) in [7, 11) is 1.69. The number of aliphatic imine (C=N–C) groups is 1. The highest BCUT2D eigenvalue weighted by atomic mass is 35.5. The van der Waals surface area contributed by atoms with E-state index in [2.05, 4.69) is 15.6 Å². The van der Waals surface area contributed by atoms with Gasteiger partial charge in [-0.2, -0.15) is 0 Å². The highest BCUT2D eigenvalue weighted by Crippen LogP contribution is 2.37. The first-order valence-electron chi connectivity index (χ1n) is 10.3. The third kappa shape index (κ3) is 5.93. The van der Waals surface area contributed by atoms with Gasteiger partial charge in [0.05, 0.1) is 11.1 Å². The lowest BCUT2D eigenvalue weighted by Crippen LogP contribution is -2.40. The number of fused-ring (bicyclic) bond motifs is 1. The molecule has 0 radical (unpaired) electrons. The van der Waals surface area contributed by atoms with Gasteiger partial charge in [-0.25, -0.2) is 4.39 Å². The van der Waals surface area contributed by atoms with E-state index in [9.17, 15) is 14.0 Å². The number of rotatable bonds is 6. The minimum Gasteiger partial charge on any atom is -0.370 e. The Kier molecular flexibility index (Phi) is 7.57. The van der Waals surface area contributed by atoms with Gasteiger partial charge in [0, 0.05) is 31.7 Å². The Labute approximate surface area is 200 Å². The first-order chi connectivity index (χ1) is 16.0. The first-order valence-corrected chi connectivity index (χ1v) is 10.7. The number of amides is 2. The van der Waals surface area contributed by atoms with Crippen molar-refractivity contribution in [3.05, 3.63) is 63.9 Å². The molecular weight excluding hydrogens is 463 g/mol. The number of carbonyl (C=O) groups excluding carboxylic acids is 2. The van der Waals surface area contributed by atoms with E-state index in [0.29, 0.717) is 13.0 Å². The van der Waals surface area contributed by atoms with Crippen LogP contribution in [0.15, 0.2) is 41.4 Å². The summed E-state index contributed by atoms with van der Waals surface area (Å²) in [6.07, 6.45) is 0.587. The van der Waals surface area contributed by atoms with Crippen LogP contribution in [0.5, 0.6) is 0 Å². The molecule has 2 aromatic carbocycles. The molecule has 0 spiro atoms. The molecule has 0 fully saturated rings. The Balaban J connectivity index is 1.81. The molecule has 2 atom stereocenters. The maximum Gasteiger partial charge on any atom is 0.313 e. The fraction of sp³-hybridized carbons (Fsp3) is 0.273. The average Bonchev–Trinajstić information content (AvgIpc) is 3.11. The quantitative estimate of drug-likeness (QED) is 0.201. The molecule has 9 N–H and O–H groups in total. The van der Waals surface area contributed by atoms with Gasteiger partial charge in [-0.15, -0.1) is 0 Å².